The number of hydrogen-bond donors (Lipinski definition) is 1. The minimum atomic E-state index is 0.468. The lowest BCUT2D eigenvalue weighted by Gasteiger charge is -2.13. The van der Waals surface area contributed by atoms with E-state index in [0.29, 0.717) is 19.8 Å². The number of rotatable bonds is 5. The summed E-state index contributed by atoms with van der Waals surface area (Å²) in [6, 6.07) is 5.77. The van der Waals surface area contributed by atoms with Crippen LogP contribution in [-0.2, 0) is 6.54 Å². The Morgan fingerprint density at radius 1 is 1.14 bits per heavy atom. The lowest BCUT2D eigenvalue weighted by Crippen LogP contribution is -2.04. The van der Waals surface area contributed by atoms with E-state index in [1.165, 1.54) is 0 Å². The first-order chi connectivity index (χ1) is 6.83. The quantitative estimate of drug-likeness (QED) is 0.781. The third-order valence-corrected chi connectivity index (χ3v) is 1.87. The molecule has 0 saturated heterocycles. The van der Waals surface area contributed by atoms with Gasteiger partial charge in [0.1, 0.15) is 0 Å². The molecule has 1 rings (SSSR count). The molecule has 0 radical (unpaired) electrons. The molecule has 0 aliphatic heterocycles. The van der Waals surface area contributed by atoms with E-state index >= 15 is 0 Å². The highest BCUT2D eigenvalue weighted by Gasteiger charge is 2.08. The van der Waals surface area contributed by atoms with Crippen molar-refractivity contribution in [3.05, 3.63) is 23.8 Å². The second-order valence-electron chi connectivity index (χ2n) is 2.81. The molecule has 1 aromatic carbocycles. The van der Waals surface area contributed by atoms with Gasteiger partial charge in [-0.3, -0.25) is 0 Å². The monoisotopic (exact) mass is 195 g/mol. The molecule has 0 saturated carbocycles. The molecule has 0 bridgehead atoms. The van der Waals surface area contributed by atoms with Crippen molar-refractivity contribution in [3.63, 3.8) is 0 Å². The lowest BCUT2D eigenvalue weighted by molar-refractivity contribution is 0.285. The Kier molecular flexibility index (Phi) is 4.26. The van der Waals surface area contributed by atoms with Crippen LogP contribution in [0.15, 0.2) is 18.2 Å². The molecule has 0 amide bonds. The molecule has 78 valence electrons. The Morgan fingerprint density at radius 3 is 2.43 bits per heavy atom. The summed E-state index contributed by atoms with van der Waals surface area (Å²) in [5, 5.41) is 0. The van der Waals surface area contributed by atoms with Crippen LogP contribution in [0.5, 0.6) is 11.5 Å². The summed E-state index contributed by atoms with van der Waals surface area (Å²) in [7, 11) is 0. The second kappa shape index (κ2) is 5.50. The molecule has 2 N–H and O–H groups in total. The third kappa shape index (κ3) is 2.39. The molecular weight excluding hydrogens is 178 g/mol. The molecular formula is C11H17NO2. The fourth-order valence-electron chi connectivity index (χ4n) is 1.30. The maximum absolute atomic E-state index is 5.61. The molecule has 14 heavy (non-hydrogen) atoms. The van der Waals surface area contributed by atoms with Gasteiger partial charge < -0.3 is 15.2 Å². The Labute approximate surface area is 84.8 Å². The average Bonchev–Trinajstić information content (AvgIpc) is 2.21. The SMILES string of the molecule is CCOc1cccc(CN)c1OCC. The number of ether oxygens (including phenoxy) is 2. The van der Waals surface area contributed by atoms with Gasteiger partial charge in [-0.2, -0.15) is 0 Å². The Morgan fingerprint density at radius 2 is 1.86 bits per heavy atom. The van der Waals surface area contributed by atoms with Crippen molar-refractivity contribution in [2.45, 2.75) is 20.4 Å². The van der Waals surface area contributed by atoms with Crippen molar-refractivity contribution in [2.75, 3.05) is 13.2 Å². The Balaban J connectivity index is 3.00. The molecule has 0 unspecified atom stereocenters. The predicted octanol–water partition coefficient (Wildman–Crippen LogP) is 1.94. The molecule has 0 fully saturated rings. The first-order valence-corrected chi connectivity index (χ1v) is 4.91. The maximum atomic E-state index is 5.61. The zero-order valence-electron chi connectivity index (χ0n) is 8.75. The summed E-state index contributed by atoms with van der Waals surface area (Å²) in [5.41, 5.74) is 6.59. The normalized spacial score (nSPS) is 9.93. The zero-order chi connectivity index (χ0) is 10.4. The topological polar surface area (TPSA) is 44.5 Å². The molecule has 0 aliphatic carbocycles. The molecule has 0 atom stereocenters. The van der Waals surface area contributed by atoms with Crippen LogP contribution >= 0.6 is 0 Å². The number of para-hydroxylation sites is 1. The minimum Gasteiger partial charge on any atom is -0.490 e. The summed E-state index contributed by atoms with van der Waals surface area (Å²) in [5.74, 6) is 1.55. The van der Waals surface area contributed by atoms with Gasteiger partial charge in [0.15, 0.2) is 11.5 Å². The number of nitrogens with two attached hydrogens (primary N) is 1. The first-order valence-electron chi connectivity index (χ1n) is 4.91. The van der Waals surface area contributed by atoms with Crippen LogP contribution in [-0.4, -0.2) is 13.2 Å². The summed E-state index contributed by atoms with van der Waals surface area (Å²) in [6.07, 6.45) is 0. The number of hydrogen-bond acceptors (Lipinski definition) is 3. The smallest absolute Gasteiger partial charge is 0.165 e. The van der Waals surface area contributed by atoms with Crippen LogP contribution in [0.25, 0.3) is 0 Å². The van der Waals surface area contributed by atoms with E-state index < -0.39 is 0 Å². The highest BCUT2D eigenvalue weighted by atomic mass is 16.5. The second-order valence-corrected chi connectivity index (χ2v) is 2.81. The van der Waals surface area contributed by atoms with Gasteiger partial charge in [0.25, 0.3) is 0 Å². The highest BCUT2D eigenvalue weighted by molar-refractivity contribution is 5.46. The standard InChI is InChI=1S/C11H17NO2/c1-3-13-10-7-5-6-9(8-12)11(10)14-4-2/h5-7H,3-4,8,12H2,1-2H3. The van der Waals surface area contributed by atoms with E-state index in [1.807, 2.05) is 32.0 Å². The molecule has 0 aromatic heterocycles. The fraction of sp³-hybridized carbons (Fsp3) is 0.455. The Hall–Kier alpha value is -1.22. The predicted molar refractivity (Wildman–Crippen MR) is 56.7 cm³/mol. The number of benzene rings is 1. The van der Waals surface area contributed by atoms with E-state index in [2.05, 4.69) is 0 Å². The first kappa shape index (κ1) is 10.9. The van der Waals surface area contributed by atoms with Gasteiger partial charge in [0.2, 0.25) is 0 Å². The van der Waals surface area contributed by atoms with Crippen molar-refractivity contribution in [1.82, 2.24) is 0 Å². The van der Waals surface area contributed by atoms with Crippen LogP contribution in [0.2, 0.25) is 0 Å². The van der Waals surface area contributed by atoms with Gasteiger partial charge in [-0.25, -0.2) is 0 Å². The van der Waals surface area contributed by atoms with E-state index in [4.69, 9.17) is 15.2 Å². The van der Waals surface area contributed by atoms with Gasteiger partial charge in [0, 0.05) is 12.1 Å². The van der Waals surface area contributed by atoms with Crippen molar-refractivity contribution in [2.24, 2.45) is 5.73 Å². The molecule has 0 spiro atoms. The summed E-state index contributed by atoms with van der Waals surface area (Å²) < 4.78 is 11.0. The molecule has 3 heteroatoms. The summed E-state index contributed by atoms with van der Waals surface area (Å²) >= 11 is 0. The Bertz CT molecular complexity index is 287. The average molecular weight is 195 g/mol. The van der Waals surface area contributed by atoms with Gasteiger partial charge in [-0.1, -0.05) is 12.1 Å². The van der Waals surface area contributed by atoms with Crippen molar-refractivity contribution in [3.8, 4) is 11.5 Å². The minimum absolute atomic E-state index is 0.468. The van der Waals surface area contributed by atoms with Crippen LogP contribution in [0.3, 0.4) is 0 Å². The van der Waals surface area contributed by atoms with Gasteiger partial charge in [-0.15, -0.1) is 0 Å². The van der Waals surface area contributed by atoms with Gasteiger partial charge in [-0.05, 0) is 19.9 Å². The maximum Gasteiger partial charge on any atom is 0.165 e. The van der Waals surface area contributed by atoms with Gasteiger partial charge >= 0.3 is 0 Å². The largest absolute Gasteiger partial charge is 0.490 e. The molecule has 0 heterocycles. The third-order valence-electron chi connectivity index (χ3n) is 1.87. The molecule has 1 aromatic rings. The van der Waals surface area contributed by atoms with Crippen LogP contribution in [0.1, 0.15) is 19.4 Å². The van der Waals surface area contributed by atoms with E-state index in [9.17, 15) is 0 Å². The van der Waals surface area contributed by atoms with E-state index in [0.717, 1.165) is 17.1 Å². The molecule has 3 nitrogen and oxygen atoms in total. The molecule has 0 aliphatic rings. The summed E-state index contributed by atoms with van der Waals surface area (Å²) in [4.78, 5) is 0. The van der Waals surface area contributed by atoms with E-state index in [1.54, 1.807) is 0 Å². The van der Waals surface area contributed by atoms with Gasteiger partial charge in [0.05, 0.1) is 13.2 Å². The highest BCUT2D eigenvalue weighted by Crippen LogP contribution is 2.30. The van der Waals surface area contributed by atoms with Crippen LogP contribution in [0.4, 0.5) is 0 Å². The van der Waals surface area contributed by atoms with Crippen molar-refractivity contribution >= 4 is 0 Å². The van der Waals surface area contributed by atoms with Crippen molar-refractivity contribution in [1.29, 1.82) is 0 Å². The van der Waals surface area contributed by atoms with E-state index in [-0.39, 0.29) is 0 Å². The van der Waals surface area contributed by atoms with Crippen LogP contribution in [0, 0.1) is 0 Å². The fourth-order valence-corrected chi connectivity index (χ4v) is 1.30. The summed E-state index contributed by atoms with van der Waals surface area (Å²) in [6.45, 7) is 5.62. The lowest BCUT2D eigenvalue weighted by atomic mass is 10.2. The zero-order valence-corrected chi connectivity index (χ0v) is 8.75. The van der Waals surface area contributed by atoms with Crippen molar-refractivity contribution < 1.29 is 9.47 Å². The van der Waals surface area contributed by atoms with Crippen LogP contribution < -0.4 is 15.2 Å².